The zero-order chi connectivity index (χ0) is 14.7. The Hall–Kier alpha value is -1.58. The smallest absolute Gasteiger partial charge is 0.236 e. The maximum Gasteiger partial charge on any atom is 0.236 e. The van der Waals surface area contributed by atoms with Crippen molar-refractivity contribution in [3.05, 3.63) is 24.3 Å². The van der Waals surface area contributed by atoms with Crippen molar-refractivity contribution < 1.29 is 4.79 Å². The minimum atomic E-state index is -0.121. The van der Waals surface area contributed by atoms with Crippen molar-refractivity contribution in [2.24, 2.45) is 0 Å². The Morgan fingerprint density at radius 3 is 3.00 bits per heavy atom. The third-order valence-electron chi connectivity index (χ3n) is 2.54. The van der Waals surface area contributed by atoms with Crippen molar-refractivity contribution in [3.8, 4) is 0 Å². The molecule has 0 atom stereocenters. The number of aromatic nitrogens is 4. The van der Waals surface area contributed by atoms with E-state index < -0.39 is 0 Å². The van der Waals surface area contributed by atoms with Crippen LogP contribution in [0.15, 0.2) is 33.8 Å². The lowest BCUT2D eigenvalue weighted by Gasteiger charge is -1.98. The number of anilines is 1. The lowest BCUT2D eigenvalue weighted by Crippen LogP contribution is -2.13. The molecule has 3 aromatic rings. The van der Waals surface area contributed by atoms with E-state index in [-0.39, 0.29) is 11.7 Å². The molecule has 9 heteroatoms. The van der Waals surface area contributed by atoms with Gasteiger partial charge in [0, 0.05) is 0 Å². The van der Waals surface area contributed by atoms with Gasteiger partial charge in [-0.15, -0.1) is 10.2 Å². The van der Waals surface area contributed by atoms with Gasteiger partial charge in [0.05, 0.1) is 16.8 Å². The van der Waals surface area contributed by atoms with Crippen LogP contribution < -0.4 is 5.32 Å². The molecule has 0 unspecified atom stereocenters. The SMILES string of the molecule is CSc1nnc(NC(=O)CSc2nc3ccccc3[nH]2)s1. The lowest BCUT2D eigenvalue weighted by atomic mass is 10.3. The molecular weight excluding hydrogens is 326 g/mol. The molecule has 1 amide bonds. The van der Waals surface area contributed by atoms with Crippen molar-refractivity contribution in [1.29, 1.82) is 0 Å². The molecule has 0 fully saturated rings. The molecule has 0 spiro atoms. The van der Waals surface area contributed by atoms with Crippen molar-refractivity contribution in [2.45, 2.75) is 9.50 Å². The highest BCUT2D eigenvalue weighted by atomic mass is 32.2. The molecule has 0 radical (unpaired) electrons. The van der Waals surface area contributed by atoms with Crippen molar-refractivity contribution in [1.82, 2.24) is 20.2 Å². The molecule has 3 rings (SSSR count). The second-order valence-corrected chi connectivity index (χ2v) is 6.97. The van der Waals surface area contributed by atoms with Crippen molar-refractivity contribution >= 4 is 56.9 Å². The number of nitrogens with one attached hydrogen (secondary N) is 2. The molecule has 0 saturated carbocycles. The molecule has 0 aliphatic heterocycles. The first kappa shape index (κ1) is 14.4. The number of para-hydroxylation sites is 2. The maximum atomic E-state index is 11.9. The predicted molar refractivity (Wildman–Crippen MR) is 87.1 cm³/mol. The van der Waals surface area contributed by atoms with Gasteiger partial charge in [0.15, 0.2) is 9.50 Å². The fourth-order valence-electron chi connectivity index (χ4n) is 1.63. The molecule has 2 heterocycles. The summed E-state index contributed by atoms with van der Waals surface area (Å²) in [6, 6.07) is 7.77. The van der Waals surface area contributed by atoms with Crippen LogP contribution in [0.3, 0.4) is 0 Å². The number of nitrogens with zero attached hydrogens (tertiary/aromatic N) is 3. The maximum absolute atomic E-state index is 11.9. The summed E-state index contributed by atoms with van der Waals surface area (Å²) in [5.41, 5.74) is 1.86. The number of rotatable bonds is 5. The van der Waals surface area contributed by atoms with Gasteiger partial charge in [0.2, 0.25) is 11.0 Å². The molecule has 21 heavy (non-hydrogen) atoms. The molecule has 0 aliphatic rings. The zero-order valence-corrected chi connectivity index (χ0v) is 13.4. The quantitative estimate of drug-likeness (QED) is 0.550. The number of hydrogen-bond donors (Lipinski definition) is 2. The van der Waals surface area contributed by atoms with Gasteiger partial charge in [-0.2, -0.15) is 0 Å². The molecule has 2 aromatic heterocycles. The van der Waals surface area contributed by atoms with E-state index in [4.69, 9.17) is 0 Å². The number of amides is 1. The van der Waals surface area contributed by atoms with E-state index in [2.05, 4.69) is 25.5 Å². The average molecular weight is 337 g/mol. The summed E-state index contributed by atoms with van der Waals surface area (Å²) in [6.45, 7) is 0. The highest BCUT2D eigenvalue weighted by Crippen LogP contribution is 2.24. The Bertz CT molecular complexity index is 736. The van der Waals surface area contributed by atoms with Crippen LogP contribution in [0, 0.1) is 0 Å². The average Bonchev–Trinajstić information content (AvgIpc) is 3.10. The largest absolute Gasteiger partial charge is 0.333 e. The van der Waals surface area contributed by atoms with Gasteiger partial charge in [0.1, 0.15) is 0 Å². The Balaban J connectivity index is 1.57. The Labute approximate surface area is 133 Å². The highest BCUT2D eigenvalue weighted by molar-refractivity contribution is 8.00. The van der Waals surface area contributed by atoms with Crippen LogP contribution in [0.4, 0.5) is 5.13 Å². The number of H-pyrrole nitrogens is 1. The van der Waals surface area contributed by atoms with Crippen LogP contribution in [-0.4, -0.2) is 38.1 Å². The monoisotopic (exact) mass is 337 g/mol. The number of hydrogen-bond acceptors (Lipinski definition) is 7. The second-order valence-electron chi connectivity index (χ2n) is 3.97. The Kier molecular flexibility index (Phi) is 4.42. The topological polar surface area (TPSA) is 83.6 Å². The molecular formula is C12H11N5OS3. The van der Waals surface area contributed by atoms with Gasteiger partial charge in [-0.3, -0.25) is 10.1 Å². The first-order chi connectivity index (χ1) is 10.2. The van der Waals surface area contributed by atoms with Gasteiger partial charge in [-0.25, -0.2) is 4.98 Å². The summed E-state index contributed by atoms with van der Waals surface area (Å²) in [5.74, 6) is 0.151. The predicted octanol–water partition coefficient (Wildman–Crippen LogP) is 2.87. The Morgan fingerprint density at radius 1 is 1.38 bits per heavy atom. The van der Waals surface area contributed by atoms with E-state index in [9.17, 15) is 4.79 Å². The number of carbonyl (C=O) groups excluding carboxylic acids is 1. The first-order valence-electron chi connectivity index (χ1n) is 5.99. The third kappa shape index (κ3) is 3.55. The number of carbonyl (C=O) groups is 1. The number of benzene rings is 1. The van der Waals surface area contributed by atoms with Crippen LogP contribution in [0.2, 0.25) is 0 Å². The standard InChI is InChI=1S/C12H11N5OS3/c1-19-12-17-16-11(21-12)15-9(18)6-20-10-13-7-4-2-3-5-8(7)14-10/h2-5H,6H2,1H3,(H,13,14)(H,15,16,18). The number of fused-ring (bicyclic) bond motifs is 1. The van der Waals surface area contributed by atoms with Gasteiger partial charge < -0.3 is 4.98 Å². The summed E-state index contributed by atoms with van der Waals surface area (Å²) < 4.78 is 0.829. The summed E-state index contributed by atoms with van der Waals surface area (Å²) in [4.78, 5) is 19.4. The molecule has 0 saturated heterocycles. The van der Waals surface area contributed by atoms with Crippen LogP contribution in [0.25, 0.3) is 11.0 Å². The van der Waals surface area contributed by atoms with Crippen LogP contribution in [0.5, 0.6) is 0 Å². The minimum Gasteiger partial charge on any atom is -0.333 e. The number of imidazole rings is 1. The summed E-state index contributed by atoms with van der Waals surface area (Å²) in [7, 11) is 0. The zero-order valence-electron chi connectivity index (χ0n) is 11.0. The minimum absolute atomic E-state index is 0.121. The first-order valence-corrected chi connectivity index (χ1v) is 9.02. The summed E-state index contributed by atoms with van der Waals surface area (Å²) in [5, 5.41) is 11.8. The van der Waals surface area contributed by atoms with Crippen LogP contribution in [-0.2, 0) is 4.79 Å². The van der Waals surface area contributed by atoms with Gasteiger partial charge in [-0.05, 0) is 18.4 Å². The number of aromatic amines is 1. The normalized spacial score (nSPS) is 10.9. The van der Waals surface area contributed by atoms with Gasteiger partial charge in [0.25, 0.3) is 0 Å². The van der Waals surface area contributed by atoms with Crippen molar-refractivity contribution in [3.63, 3.8) is 0 Å². The molecule has 0 aliphatic carbocycles. The van der Waals surface area contributed by atoms with E-state index in [0.29, 0.717) is 5.13 Å². The Morgan fingerprint density at radius 2 is 2.24 bits per heavy atom. The second kappa shape index (κ2) is 6.46. The van der Waals surface area contributed by atoms with Crippen molar-refractivity contribution in [2.75, 3.05) is 17.3 Å². The summed E-state index contributed by atoms with van der Waals surface area (Å²) in [6.07, 6.45) is 1.92. The molecule has 108 valence electrons. The fourth-order valence-corrected chi connectivity index (χ4v) is 3.50. The molecule has 0 bridgehead atoms. The van der Waals surface area contributed by atoms with E-state index >= 15 is 0 Å². The highest BCUT2D eigenvalue weighted by Gasteiger charge is 2.10. The van der Waals surface area contributed by atoms with E-state index in [1.54, 1.807) is 0 Å². The lowest BCUT2D eigenvalue weighted by molar-refractivity contribution is -0.113. The molecule has 1 aromatic carbocycles. The van der Waals surface area contributed by atoms with E-state index in [1.165, 1.54) is 34.9 Å². The third-order valence-corrected chi connectivity index (χ3v) is 5.22. The van der Waals surface area contributed by atoms with E-state index in [0.717, 1.165) is 20.5 Å². The van der Waals surface area contributed by atoms with Crippen LogP contribution in [0.1, 0.15) is 0 Å². The van der Waals surface area contributed by atoms with Gasteiger partial charge >= 0.3 is 0 Å². The number of thioether (sulfide) groups is 2. The molecule has 6 nitrogen and oxygen atoms in total. The van der Waals surface area contributed by atoms with E-state index in [1.807, 2.05) is 30.5 Å². The van der Waals surface area contributed by atoms with Crippen LogP contribution >= 0.6 is 34.9 Å². The summed E-state index contributed by atoms with van der Waals surface area (Å²) >= 11 is 4.22. The molecule has 2 N–H and O–H groups in total. The fraction of sp³-hybridized carbons (Fsp3) is 0.167. The van der Waals surface area contributed by atoms with Gasteiger partial charge in [-0.1, -0.05) is 47.0 Å².